The molecule has 25 heavy (non-hydrogen) atoms. The number of ether oxygens (including phenoxy) is 1. The number of nitrogens with one attached hydrogen (secondary N) is 1. The molecule has 0 bridgehead atoms. The second-order valence-electron chi connectivity index (χ2n) is 5.28. The first-order chi connectivity index (χ1) is 11.9. The molecule has 0 amide bonds. The zero-order valence-corrected chi connectivity index (χ0v) is 15.1. The number of aromatic amines is 1. The van der Waals surface area contributed by atoms with Crippen LogP contribution < -0.4 is 15.3 Å². The van der Waals surface area contributed by atoms with Gasteiger partial charge in [-0.3, -0.25) is 4.57 Å². The number of halogens is 1. The predicted molar refractivity (Wildman–Crippen MR) is 97.1 cm³/mol. The van der Waals surface area contributed by atoms with E-state index < -0.39 is 13.3 Å². The second kappa shape index (κ2) is 6.56. The third-order valence-electron chi connectivity index (χ3n) is 3.89. The van der Waals surface area contributed by atoms with Crippen LogP contribution in [-0.2, 0) is 9.09 Å². The number of aromatic carboxylic acids is 1. The standard InChI is InChI=1S/C17H15ClNO5P/c1-23-11-4-3-5-12(9-11)25(22,24-2)16-13-8-10(18)6-7-14(13)19-15(16)17(20)21/h3-9,19H,1-2H3,(H,20,21). The van der Waals surface area contributed by atoms with Gasteiger partial charge >= 0.3 is 5.97 Å². The van der Waals surface area contributed by atoms with Gasteiger partial charge in [-0.2, -0.15) is 0 Å². The summed E-state index contributed by atoms with van der Waals surface area (Å²) in [5, 5.41) is 10.8. The lowest BCUT2D eigenvalue weighted by molar-refractivity contribution is 0.0692. The van der Waals surface area contributed by atoms with Crippen LogP contribution in [0.15, 0.2) is 42.5 Å². The van der Waals surface area contributed by atoms with Gasteiger partial charge in [0.2, 0.25) is 0 Å². The Morgan fingerprint density at radius 2 is 1.96 bits per heavy atom. The molecule has 8 heteroatoms. The van der Waals surface area contributed by atoms with E-state index >= 15 is 0 Å². The first-order valence-corrected chi connectivity index (χ1v) is 9.26. The van der Waals surface area contributed by atoms with Crippen LogP contribution in [0.5, 0.6) is 5.75 Å². The number of hydrogen-bond acceptors (Lipinski definition) is 4. The molecule has 0 fully saturated rings. The Labute approximate surface area is 148 Å². The van der Waals surface area contributed by atoms with Crippen molar-refractivity contribution in [2.24, 2.45) is 0 Å². The topological polar surface area (TPSA) is 88.6 Å². The highest BCUT2D eigenvalue weighted by Gasteiger charge is 2.36. The van der Waals surface area contributed by atoms with Crippen LogP contribution >= 0.6 is 19.0 Å². The number of aromatic nitrogens is 1. The Balaban J connectivity index is 2.37. The van der Waals surface area contributed by atoms with Crippen LogP contribution in [0.25, 0.3) is 10.9 Å². The van der Waals surface area contributed by atoms with E-state index in [9.17, 15) is 14.5 Å². The molecule has 1 heterocycles. The summed E-state index contributed by atoms with van der Waals surface area (Å²) >= 11 is 6.05. The van der Waals surface area contributed by atoms with Gasteiger partial charge in [-0.15, -0.1) is 0 Å². The first kappa shape index (κ1) is 17.5. The van der Waals surface area contributed by atoms with E-state index in [4.69, 9.17) is 20.9 Å². The quantitative estimate of drug-likeness (QED) is 0.663. The summed E-state index contributed by atoms with van der Waals surface area (Å²) < 4.78 is 24.3. The molecule has 1 aromatic heterocycles. The van der Waals surface area contributed by atoms with Gasteiger partial charge in [0.05, 0.1) is 12.4 Å². The van der Waals surface area contributed by atoms with Gasteiger partial charge in [-0.1, -0.05) is 17.7 Å². The first-order valence-electron chi connectivity index (χ1n) is 7.26. The number of rotatable bonds is 5. The molecule has 6 nitrogen and oxygen atoms in total. The highest BCUT2D eigenvalue weighted by Crippen LogP contribution is 2.47. The van der Waals surface area contributed by atoms with Gasteiger partial charge in [-0.25, -0.2) is 4.79 Å². The second-order valence-corrected chi connectivity index (χ2v) is 8.15. The minimum atomic E-state index is -3.70. The fourth-order valence-electron chi connectivity index (χ4n) is 2.73. The van der Waals surface area contributed by atoms with E-state index in [0.717, 1.165) is 0 Å². The maximum Gasteiger partial charge on any atom is 0.353 e. The van der Waals surface area contributed by atoms with E-state index in [2.05, 4.69) is 4.98 Å². The van der Waals surface area contributed by atoms with E-state index in [-0.39, 0.29) is 11.0 Å². The number of carbonyl (C=O) groups is 1. The molecule has 3 rings (SSSR count). The van der Waals surface area contributed by atoms with Crippen molar-refractivity contribution in [1.29, 1.82) is 0 Å². The molecular formula is C17H15ClNO5P. The fourth-order valence-corrected chi connectivity index (χ4v) is 5.08. The van der Waals surface area contributed by atoms with E-state index in [1.807, 2.05) is 0 Å². The number of fused-ring (bicyclic) bond motifs is 1. The van der Waals surface area contributed by atoms with E-state index in [1.54, 1.807) is 42.5 Å². The third-order valence-corrected chi connectivity index (χ3v) is 6.65. The number of H-pyrrole nitrogens is 1. The molecule has 0 saturated carbocycles. The highest BCUT2D eigenvalue weighted by atomic mass is 35.5. The van der Waals surface area contributed by atoms with Crippen LogP contribution in [0.4, 0.5) is 0 Å². The maximum absolute atomic E-state index is 13.8. The lowest BCUT2D eigenvalue weighted by Gasteiger charge is -2.18. The Kier molecular flexibility index (Phi) is 4.60. The highest BCUT2D eigenvalue weighted by molar-refractivity contribution is 7.75. The lowest BCUT2D eigenvalue weighted by Crippen LogP contribution is -2.22. The van der Waals surface area contributed by atoms with E-state index in [1.165, 1.54) is 14.2 Å². The third kappa shape index (κ3) is 2.93. The van der Waals surface area contributed by atoms with Gasteiger partial charge in [0, 0.05) is 28.3 Å². The SMILES string of the molecule is COc1cccc(P(=O)(OC)c2c(C(=O)O)[nH]c3ccc(Cl)cc23)c1. The Bertz CT molecular complexity index is 1010. The van der Waals surface area contributed by atoms with Crippen LogP contribution in [0.3, 0.4) is 0 Å². The molecule has 1 atom stereocenters. The number of carboxylic acids is 1. The van der Waals surface area contributed by atoms with Gasteiger partial charge in [-0.05, 0) is 36.4 Å². The van der Waals surface area contributed by atoms with Crippen LogP contribution in [0.1, 0.15) is 10.5 Å². The van der Waals surface area contributed by atoms with Gasteiger partial charge in [0.25, 0.3) is 7.37 Å². The maximum atomic E-state index is 13.8. The van der Waals surface area contributed by atoms with Crippen LogP contribution in [0.2, 0.25) is 5.02 Å². The fraction of sp³-hybridized carbons (Fsp3) is 0.118. The molecule has 0 aliphatic carbocycles. The average molecular weight is 380 g/mol. The van der Waals surface area contributed by atoms with Crippen molar-refractivity contribution in [2.45, 2.75) is 0 Å². The van der Waals surface area contributed by atoms with Crippen LogP contribution in [0, 0.1) is 0 Å². The monoisotopic (exact) mass is 379 g/mol. The predicted octanol–water partition coefficient (Wildman–Crippen LogP) is 3.40. The zero-order valence-electron chi connectivity index (χ0n) is 13.4. The minimum Gasteiger partial charge on any atom is -0.497 e. The summed E-state index contributed by atoms with van der Waals surface area (Å²) in [5.41, 5.74) is 0.322. The average Bonchev–Trinajstić information content (AvgIpc) is 3.00. The molecule has 0 saturated heterocycles. The van der Waals surface area contributed by atoms with E-state index in [0.29, 0.717) is 27.0 Å². The molecule has 0 aliphatic rings. The van der Waals surface area contributed by atoms with Gasteiger partial charge < -0.3 is 19.4 Å². The zero-order chi connectivity index (χ0) is 18.2. The van der Waals surface area contributed by atoms with Crippen molar-refractivity contribution in [3.8, 4) is 5.75 Å². The molecule has 130 valence electrons. The number of hydrogen-bond donors (Lipinski definition) is 2. The number of benzene rings is 2. The van der Waals surface area contributed by atoms with Crippen molar-refractivity contribution in [1.82, 2.24) is 4.98 Å². The smallest absolute Gasteiger partial charge is 0.353 e. The van der Waals surface area contributed by atoms with Crippen molar-refractivity contribution in [2.75, 3.05) is 14.2 Å². The molecule has 0 spiro atoms. The normalized spacial score (nSPS) is 13.6. The lowest BCUT2D eigenvalue weighted by atomic mass is 10.2. The summed E-state index contributed by atoms with van der Waals surface area (Å²) in [6.45, 7) is 0. The Morgan fingerprint density at radius 3 is 2.60 bits per heavy atom. The largest absolute Gasteiger partial charge is 0.497 e. The van der Waals surface area contributed by atoms with Gasteiger partial charge in [0.15, 0.2) is 0 Å². The number of methoxy groups -OCH3 is 1. The van der Waals surface area contributed by atoms with Crippen molar-refractivity contribution in [3.63, 3.8) is 0 Å². The summed E-state index contributed by atoms with van der Waals surface area (Å²) in [5.74, 6) is -0.744. The van der Waals surface area contributed by atoms with Gasteiger partial charge in [0.1, 0.15) is 11.4 Å². The van der Waals surface area contributed by atoms with Crippen molar-refractivity contribution >= 4 is 46.5 Å². The molecule has 0 aliphatic heterocycles. The summed E-state index contributed by atoms with van der Waals surface area (Å²) in [6, 6.07) is 11.4. The number of carboxylic acid groups (broad SMARTS) is 1. The molecule has 2 N–H and O–H groups in total. The summed E-state index contributed by atoms with van der Waals surface area (Å²) in [4.78, 5) is 14.5. The molecule has 2 aromatic carbocycles. The molecule has 3 aromatic rings. The summed E-state index contributed by atoms with van der Waals surface area (Å²) in [6.07, 6.45) is 0. The van der Waals surface area contributed by atoms with Crippen molar-refractivity contribution < 1.29 is 23.7 Å². The molecular weight excluding hydrogens is 365 g/mol. The Morgan fingerprint density at radius 1 is 1.20 bits per heavy atom. The van der Waals surface area contributed by atoms with Crippen LogP contribution in [-0.4, -0.2) is 30.3 Å². The van der Waals surface area contributed by atoms with Crippen molar-refractivity contribution in [3.05, 3.63) is 53.2 Å². The molecule has 1 unspecified atom stereocenters. The molecule has 0 radical (unpaired) electrons. The minimum absolute atomic E-state index is 0.0771. The Hall–Kier alpha value is -2.27. The summed E-state index contributed by atoms with van der Waals surface area (Å²) in [7, 11) is -0.927.